The molecule has 7 nitrogen and oxygen atoms in total. The molecule has 1 saturated heterocycles. The number of hydrogen-bond donors (Lipinski definition) is 2. The van der Waals surface area contributed by atoms with Crippen molar-refractivity contribution < 1.29 is 14.4 Å². The van der Waals surface area contributed by atoms with Gasteiger partial charge >= 0.3 is 0 Å². The van der Waals surface area contributed by atoms with Crippen LogP contribution in [0.4, 0.5) is 11.4 Å². The third-order valence-electron chi connectivity index (χ3n) is 5.76. The van der Waals surface area contributed by atoms with E-state index in [2.05, 4.69) is 15.8 Å². The molecule has 0 aliphatic carbocycles. The SMILES string of the molecule is C[C@@H]1S/C(=N/NC(=O)c2ccccc2NC(=O)c2ccccc2)N(c2cccc3ccccc23)C1=O. The molecule has 1 fully saturated rings. The smallest absolute Gasteiger partial charge is 0.273 e. The second kappa shape index (κ2) is 10.1. The van der Waals surface area contributed by atoms with Gasteiger partial charge < -0.3 is 5.32 Å². The van der Waals surface area contributed by atoms with Crippen molar-refractivity contribution in [2.75, 3.05) is 10.2 Å². The molecule has 0 unspecified atom stereocenters. The van der Waals surface area contributed by atoms with Gasteiger partial charge in [-0.05, 0) is 42.6 Å². The number of anilines is 2. The van der Waals surface area contributed by atoms with Crippen molar-refractivity contribution in [3.8, 4) is 0 Å². The average Bonchev–Trinajstić information content (AvgIpc) is 3.20. The Morgan fingerprint density at radius 1 is 0.833 bits per heavy atom. The Morgan fingerprint density at radius 2 is 1.53 bits per heavy atom. The van der Waals surface area contributed by atoms with Crippen molar-refractivity contribution in [3.63, 3.8) is 0 Å². The first-order valence-electron chi connectivity index (χ1n) is 11.3. The van der Waals surface area contributed by atoms with Crippen LogP contribution in [-0.4, -0.2) is 28.1 Å². The zero-order valence-electron chi connectivity index (χ0n) is 19.3. The van der Waals surface area contributed by atoms with Crippen LogP contribution in [-0.2, 0) is 4.79 Å². The molecule has 1 atom stereocenters. The number of benzene rings is 4. The lowest BCUT2D eigenvalue weighted by molar-refractivity contribution is -0.116. The van der Waals surface area contributed by atoms with E-state index >= 15 is 0 Å². The van der Waals surface area contributed by atoms with E-state index < -0.39 is 5.91 Å². The van der Waals surface area contributed by atoms with E-state index in [0.717, 1.165) is 10.8 Å². The zero-order chi connectivity index (χ0) is 25.1. The van der Waals surface area contributed by atoms with Crippen LogP contribution in [0, 0.1) is 0 Å². The quantitative estimate of drug-likeness (QED) is 0.370. The Bertz CT molecular complexity index is 1500. The van der Waals surface area contributed by atoms with Crippen LogP contribution < -0.4 is 15.6 Å². The second-order valence-corrected chi connectivity index (χ2v) is 9.44. The van der Waals surface area contributed by atoms with Crippen molar-refractivity contribution in [2.45, 2.75) is 12.2 Å². The zero-order valence-corrected chi connectivity index (χ0v) is 20.2. The number of amides is 3. The lowest BCUT2D eigenvalue weighted by atomic mass is 10.1. The van der Waals surface area contributed by atoms with Gasteiger partial charge in [-0.15, -0.1) is 5.10 Å². The summed E-state index contributed by atoms with van der Waals surface area (Å²) in [5.74, 6) is -0.938. The van der Waals surface area contributed by atoms with Crippen molar-refractivity contribution in [1.82, 2.24) is 5.43 Å². The molecule has 36 heavy (non-hydrogen) atoms. The van der Waals surface area contributed by atoms with E-state index in [9.17, 15) is 14.4 Å². The normalized spacial score (nSPS) is 16.4. The van der Waals surface area contributed by atoms with Crippen LogP contribution in [0.15, 0.2) is 102 Å². The number of carbonyl (C=O) groups is 3. The van der Waals surface area contributed by atoms with E-state index in [4.69, 9.17) is 0 Å². The maximum Gasteiger partial charge on any atom is 0.273 e. The molecule has 1 aliphatic rings. The maximum atomic E-state index is 13.1. The Labute approximate surface area is 212 Å². The van der Waals surface area contributed by atoms with Crippen LogP contribution >= 0.6 is 11.8 Å². The van der Waals surface area contributed by atoms with Gasteiger partial charge in [0, 0.05) is 10.9 Å². The number of fused-ring (bicyclic) bond motifs is 1. The highest BCUT2D eigenvalue weighted by Gasteiger charge is 2.37. The second-order valence-electron chi connectivity index (χ2n) is 8.13. The number of nitrogens with zero attached hydrogens (tertiary/aromatic N) is 2. The first-order chi connectivity index (χ1) is 17.5. The van der Waals surface area contributed by atoms with Gasteiger partial charge in [0.25, 0.3) is 11.8 Å². The Kier molecular flexibility index (Phi) is 6.51. The standard InChI is InChI=1S/C28H22N4O3S/c1-18-27(35)32(24-17-9-13-19-10-5-6-14-21(19)24)28(36-18)31-30-26(34)22-15-7-8-16-23(22)29-25(33)20-11-3-2-4-12-20/h2-18H,1H3,(H,29,33)(H,30,34)/b31-28+/t18-/m0/s1. The third-order valence-corrected chi connectivity index (χ3v) is 6.80. The summed E-state index contributed by atoms with van der Waals surface area (Å²) in [7, 11) is 0. The van der Waals surface area contributed by atoms with Gasteiger partial charge in [0.2, 0.25) is 5.91 Å². The van der Waals surface area contributed by atoms with Gasteiger partial charge in [-0.1, -0.05) is 78.5 Å². The molecule has 178 valence electrons. The largest absolute Gasteiger partial charge is 0.321 e. The minimum atomic E-state index is -0.503. The summed E-state index contributed by atoms with van der Waals surface area (Å²) in [5, 5.41) is 9.04. The van der Waals surface area contributed by atoms with Gasteiger partial charge in [0.1, 0.15) is 0 Å². The summed E-state index contributed by atoms with van der Waals surface area (Å²) in [6.45, 7) is 1.81. The number of hydrogen-bond acceptors (Lipinski definition) is 5. The van der Waals surface area contributed by atoms with E-state index in [1.165, 1.54) is 11.8 Å². The molecular formula is C28H22N4O3S. The monoisotopic (exact) mass is 494 g/mol. The summed E-state index contributed by atoms with van der Waals surface area (Å²) in [5.41, 5.74) is 4.37. The van der Waals surface area contributed by atoms with Gasteiger partial charge in [-0.3, -0.25) is 19.3 Å². The minimum absolute atomic E-state index is 0.111. The summed E-state index contributed by atoms with van der Waals surface area (Å²) in [4.78, 5) is 40.3. The van der Waals surface area contributed by atoms with E-state index in [-0.39, 0.29) is 22.6 Å². The average molecular weight is 495 g/mol. The fourth-order valence-corrected chi connectivity index (χ4v) is 4.89. The lowest BCUT2D eigenvalue weighted by Gasteiger charge is -2.18. The summed E-state index contributed by atoms with van der Waals surface area (Å²) in [6.07, 6.45) is 0. The van der Waals surface area contributed by atoms with Crippen LogP contribution in [0.5, 0.6) is 0 Å². The van der Waals surface area contributed by atoms with Gasteiger partial charge in [-0.2, -0.15) is 0 Å². The molecule has 4 aromatic rings. The van der Waals surface area contributed by atoms with Gasteiger partial charge in [0.05, 0.1) is 22.2 Å². The number of rotatable bonds is 5. The molecule has 4 aromatic carbocycles. The topological polar surface area (TPSA) is 90.9 Å². The number of nitrogens with one attached hydrogen (secondary N) is 2. The highest BCUT2D eigenvalue weighted by molar-refractivity contribution is 8.16. The Hall–Kier alpha value is -4.43. The number of para-hydroxylation sites is 1. The van der Waals surface area contributed by atoms with Crippen LogP contribution in [0.1, 0.15) is 27.6 Å². The molecule has 1 aliphatic heterocycles. The first-order valence-corrected chi connectivity index (χ1v) is 12.2. The van der Waals surface area contributed by atoms with Crippen molar-refractivity contribution in [3.05, 3.63) is 108 Å². The molecule has 1 heterocycles. The van der Waals surface area contributed by atoms with E-state index in [1.807, 2.05) is 55.5 Å². The molecule has 0 bridgehead atoms. The molecular weight excluding hydrogens is 472 g/mol. The number of hydrazone groups is 1. The molecule has 3 amide bonds. The van der Waals surface area contributed by atoms with Crippen molar-refractivity contribution >= 4 is 56.8 Å². The van der Waals surface area contributed by atoms with E-state index in [0.29, 0.717) is 22.1 Å². The summed E-state index contributed by atoms with van der Waals surface area (Å²) < 4.78 is 0. The van der Waals surface area contributed by atoms with Crippen LogP contribution in [0.3, 0.4) is 0 Å². The Morgan fingerprint density at radius 3 is 2.36 bits per heavy atom. The fraction of sp³-hybridized carbons (Fsp3) is 0.0714. The van der Waals surface area contributed by atoms with Crippen LogP contribution in [0.25, 0.3) is 10.8 Å². The summed E-state index contributed by atoms with van der Waals surface area (Å²) in [6, 6.07) is 29.0. The van der Waals surface area contributed by atoms with Crippen molar-refractivity contribution in [2.24, 2.45) is 5.10 Å². The molecule has 5 rings (SSSR count). The number of amidine groups is 1. The minimum Gasteiger partial charge on any atom is -0.321 e. The highest BCUT2D eigenvalue weighted by Crippen LogP contribution is 2.35. The van der Waals surface area contributed by atoms with E-state index in [1.54, 1.807) is 53.4 Å². The number of carbonyl (C=O) groups excluding carboxylic acids is 3. The third kappa shape index (κ3) is 4.58. The molecule has 0 spiro atoms. The molecule has 0 aromatic heterocycles. The predicted octanol–water partition coefficient (Wildman–Crippen LogP) is 5.26. The fourth-order valence-electron chi connectivity index (χ4n) is 3.97. The van der Waals surface area contributed by atoms with Gasteiger partial charge in [-0.25, -0.2) is 5.43 Å². The Balaban J connectivity index is 1.41. The first kappa shape index (κ1) is 23.3. The molecule has 0 saturated carbocycles. The van der Waals surface area contributed by atoms with Gasteiger partial charge in [0.15, 0.2) is 5.17 Å². The lowest BCUT2D eigenvalue weighted by Crippen LogP contribution is -2.33. The molecule has 0 radical (unpaired) electrons. The predicted molar refractivity (Wildman–Crippen MR) is 144 cm³/mol. The van der Waals surface area contributed by atoms with Crippen molar-refractivity contribution in [1.29, 1.82) is 0 Å². The summed E-state index contributed by atoms with van der Waals surface area (Å²) >= 11 is 1.28. The highest BCUT2D eigenvalue weighted by atomic mass is 32.2. The maximum absolute atomic E-state index is 13.1. The number of thioether (sulfide) groups is 1. The van der Waals surface area contributed by atoms with Crippen LogP contribution in [0.2, 0.25) is 0 Å². The molecule has 8 heteroatoms. The molecule has 2 N–H and O–H groups in total.